The molecule has 4 nitrogen and oxygen atoms in total. The van der Waals surface area contributed by atoms with Crippen molar-refractivity contribution in [1.29, 1.82) is 0 Å². The van der Waals surface area contributed by atoms with E-state index in [4.69, 9.17) is 5.11 Å². The number of carbonyl (C=O) groups is 1. The van der Waals surface area contributed by atoms with Crippen LogP contribution in [0.4, 0.5) is 0 Å². The molecule has 0 aliphatic carbocycles. The van der Waals surface area contributed by atoms with Gasteiger partial charge in [0.25, 0.3) is 0 Å². The summed E-state index contributed by atoms with van der Waals surface area (Å²) in [7, 11) is 0. The molecule has 0 aliphatic rings. The van der Waals surface area contributed by atoms with E-state index in [1.807, 2.05) is 6.20 Å². The average molecular weight is 182 g/mol. The zero-order valence-corrected chi connectivity index (χ0v) is 7.90. The second kappa shape index (κ2) is 4.07. The van der Waals surface area contributed by atoms with E-state index in [0.717, 1.165) is 5.56 Å². The zero-order chi connectivity index (χ0) is 9.84. The van der Waals surface area contributed by atoms with E-state index in [0.29, 0.717) is 12.5 Å². The van der Waals surface area contributed by atoms with Gasteiger partial charge in [-0.15, -0.1) is 0 Å². The van der Waals surface area contributed by atoms with Gasteiger partial charge < -0.3 is 5.11 Å². The van der Waals surface area contributed by atoms with Gasteiger partial charge in [0.2, 0.25) is 0 Å². The molecule has 0 saturated carbocycles. The predicted octanol–water partition coefficient (Wildman–Crippen LogP) is 1.48. The molecule has 0 bridgehead atoms. The van der Waals surface area contributed by atoms with Gasteiger partial charge in [-0.05, 0) is 11.5 Å². The van der Waals surface area contributed by atoms with Crippen LogP contribution < -0.4 is 0 Å². The summed E-state index contributed by atoms with van der Waals surface area (Å²) < 4.78 is 1.67. The second-order valence-corrected chi connectivity index (χ2v) is 3.34. The van der Waals surface area contributed by atoms with Crippen LogP contribution in [0.2, 0.25) is 0 Å². The van der Waals surface area contributed by atoms with E-state index in [1.165, 1.54) is 0 Å². The van der Waals surface area contributed by atoms with Gasteiger partial charge >= 0.3 is 5.97 Å². The zero-order valence-electron chi connectivity index (χ0n) is 7.90. The lowest BCUT2D eigenvalue weighted by atomic mass is 10.1. The minimum absolute atomic E-state index is 0.124. The molecule has 1 heterocycles. The number of nitrogens with zero attached hydrogens (tertiary/aromatic N) is 2. The summed E-state index contributed by atoms with van der Waals surface area (Å²) in [5.41, 5.74) is 1.14. The van der Waals surface area contributed by atoms with Crippen molar-refractivity contribution in [2.24, 2.45) is 0 Å². The third kappa shape index (κ3) is 2.89. The number of carboxylic acid groups (broad SMARTS) is 1. The van der Waals surface area contributed by atoms with Crippen LogP contribution >= 0.6 is 0 Å². The maximum atomic E-state index is 10.3. The minimum Gasteiger partial charge on any atom is -0.481 e. The quantitative estimate of drug-likeness (QED) is 0.767. The second-order valence-electron chi connectivity index (χ2n) is 3.34. The SMILES string of the molecule is CC(C)c1cnn(CCC(=O)O)c1. The fourth-order valence-electron chi connectivity index (χ4n) is 1.01. The minimum atomic E-state index is -0.790. The summed E-state index contributed by atoms with van der Waals surface area (Å²) in [5, 5.41) is 12.5. The first kappa shape index (κ1) is 9.77. The van der Waals surface area contributed by atoms with Crippen molar-refractivity contribution in [3.63, 3.8) is 0 Å². The molecule has 0 aromatic carbocycles. The first-order valence-corrected chi connectivity index (χ1v) is 4.33. The third-order valence-electron chi connectivity index (χ3n) is 1.87. The highest BCUT2D eigenvalue weighted by atomic mass is 16.4. The molecule has 0 fully saturated rings. The topological polar surface area (TPSA) is 55.1 Å². The molecule has 1 N–H and O–H groups in total. The number of aryl methyl sites for hydroxylation is 1. The van der Waals surface area contributed by atoms with Crippen LogP contribution in [0.5, 0.6) is 0 Å². The molecule has 1 aromatic rings. The van der Waals surface area contributed by atoms with Crippen molar-refractivity contribution in [2.45, 2.75) is 32.7 Å². The Morgan fingerprint density at radius 1 is 1.69 bits per heavy atom. The van der Waals surface area contributed by atoms with Gasteiger partial charge in [-0.25, -0.2) is 0 Å². The van der Waals surface area contributed by atoms with E-state index in [9.17, 15) is 4.79 Å². The van der Waals surface area contributed by atoms with Crippen molar-refractivity contribution < 1.29 is 9.90 Å². The van der Waals surface area contributed by atoms with E-state index >= 15 is 0 Å². The van der Waals surface area contributed by atoms with E-state index < -0.39 is 5.97 Å². The summed E-state index contributed by atoms with van der Waals surface area (Å²) in [6, 6.07) is 0. The molecule has 0 aliphatic heterocycles. The first-order valence-electron chi connectivity index (χ1n) is 4.33. The molecular weight excluding hydrogens is 168 g/mol. The Balaban J connectivity index is 2.54. The maximum absolute atomic E-state index is 10.3. The molecule has 0 atom stereocenters. The molecule has 4 heteroatoms. The van der Waals surface area contributed by atoms with Crippen molar-refractivity contribution in [3.05, 3.63) is 18.0 Å². The van der Waals surface area contributed by atoms with Crippen molar-refractivity contribution in [1.82, 2.24) is 9.78 Å². The van der Waals surface area contributed by atoms with Gasteiger partial charge in [0.1, 0.15) is 0 Å². The highest BCUT2D eigenvalue weighted by Gasteiger charge is 2.03. The third-order valence-corrected chi connectivity index (χ3v) is 1.87. The van der Waals surface area contributed by atoms with Crippen LogP contribution in [0, 0.1) is 0 Å². The van der Waals surface area contributed by atoms with Crippen LogP contribution in [-0.2, 0) is 11.3 Å². The molecule has 1 rings (SSSR count). The summed E-state index contributed by atoms with van der Waals surface area (Å²) in [5.74, 6) is -0.347. The Morgan fingerprint density at radius 2 is 2.38 bits per heavy atom. The predicted molar refractivity (Wildman–Crippen MR) is 48.6 cm³/mol. The number of aliphatic carboxylic acids is 1. The Labute approximate surface area is 77.2 Å². The number of carboxylic acids is 1. The van der Waals surface area contributed by atoms with Crippen LogP contribution in [0.15, 0.2) is 12.4 Å². The Morgan fingerprint density at radius 3 is 2.85 bits per heavy atom. The maximum Gasteiger partial charge on any atom is 0.305 e. The van der Waals surface area contributed by atoms with Crippen molar-refractivity contribution in [3.8, 4) is 0 Å². The fourth-order valence-corrected chi connectivity index (χ4v) is 1.01. The Kier molecular flexibility index (Phi) is 3.06. The smallest absolute Gasteiger partial charge is 0.305 e. The highest BCUT2D eigenvalue weighted by Crippen LogP contribution is 2.12. The van der Waals surface area contributed by atoms with Gasteiger partial charge in [-0.1, -0.05) is 13.8 Å². The van der Waals surface area contributed by atoms with Crippen LogP contribution in [0.1, 0.15) is 31.7 Å². The average Bonchev–Trinajstić information content (AvgIpc) is 2.48. The molecule has 0 spiro atoms. The fraction of sp³-hybridized carbons (Fsp3) is 0.556. The molecule has 72 valence electrons. The van der Waals surface area contributed by atoms with Crippen LogP contribution in [-0.4, -0.2) is 20.9 Å². The van der Waals surface area contributed by atoms with E-state index in [-0.39, 0.29) is 6.42 Å². The van der Waals surface area contributed by atoms with Gasteiger partial charge in [-0.2, -0.15) is 5.10 Å². The number of hydrogen-bond acceptors (Lipinski definition) is 2. The molecule has 0 amide bonds. The molecule has 1 aromatic heterocycles. The number of rotatable bonds is 4. The lowest BCUT2D eigenvalue weighted by Crippen LogP contribution is -2.04. The largest absolute Gasteiger partial charge is 0.481 e. The van der Waals surface area contributed by atoms with Crippen LogP contribution in [0.25, 0.3) is 0 Å². The molecule has 13 heavy (non-hydrogen) atoms. The van der Waals surface area contributed by atoms with Crippen molar-refractivity contribution in [2.75, 3.05) is 0 Å². The summed E-state index contributed by atoms with van der Waals surface area (Å²) >= 11 is 0. The Bertz CT molecular complexity index is 292. The summed E-state index contributed by atoms with van der Waals surface area (Å²) in [6.45, 7) is 4.61. The lowest BCUT2D eigenvalue weighted by molar-refractivity contribution is -0.137. The van der Waals surface area contributed by atoms with Gasteiger partial charge in [0.15, 0.2) is 0 Å². The Hall–Kier alpha value is -1.32. The van der Waals surface area contributed by atoms with Gasteiger partial charge in [0.05, 0.1) is 19.2 Å². The van der Waals surface area contributed by atoms with Gasteiger partial charge in [-0.3, -0.25) is 9.48 Å². The highest BCUT2D eigenvalue weighted by molar-refractivity contribution is 5.66. The van der Waals surface area contributed by atoms with E-state index in [1.54, 1.807) is 10.9 Å². The van der Waals surface area contributed by atoms with Gasteiger partial charge in [0, 0.05) is 6.20 Å². The standard InChI is InChI=1S/C9H14N2O2/c1-7(2)8-5-10-11(6-8)4-3-9(12)13/h5-7H,3-4H2,1-2H3,(H,12,13). The molecule has 0 saturated heterocycles. The lowest BCUT2D eigenvalue weighted by Gasteiger charge is -1.98. The van der Waals surface area contributed by atoms with Crippen LogP contribution in [0.3, 0.4) is 0 Å². The monoisotopic (exact) mass is 182 g/mol. The number of aromatic nitrogens is 2. The summed E-state index contributed by atoms with van der Waals surface area (Å²) in [4.78, 5) is 10.3. The molecule has 0 unspecified atom stereocenters. The normalized spacial score (nSPS) is 10.7. The molecule has 0 radical (unpaired) electrons. The molecular formula is C9H14N2O2. The summed E-state index contributed by atoms with van der Waals surface area (Å²) in [6.07, 6.45) is 3.80. The number of hydrogen-bond donors (Lipinski definition) is 1. The van der Waals surface area contributed by atoms with Crippen molar-refractivity contribution >= 4 is 5.97 Å². The van der Waals surface area contributed by atoms with E-state index in [2.05, 4.69) is 18.9 Å². The first-order chi connectivity index (χ1) is 6.09.